The predicted octanol–water partition coefficient (Wildman–Crippen LogP) is 5.39. The molecule has 1 aliphatic carbocycles. The van der Waals surface area contributed by atoms with E-state index in [1.54, 1.807) is 24.3 Å². The first-order valence-electron chi connectivity index (χ1n) is 11.2. The molecule has 33 heavy (non-hydrogen) atoms. The number of hydrogen-bond donors (Lipinski definition) is 1. The Labute approximate surface area is 191 Å². The van der Waals surface area contributed by atoms with Crippen molar-refractivity contribution in [1.82, 2.24) is 10.2 Å². The minimum atomic E-state index is -1.09. The number of amides is 2. The van der Waals surface area contributed by atoms with E-state index in [9.17, 15) is 18.4 Å². The molecule has 1 atom stereocenters. The highest BCUT2D eigenvalue weighted by Crippen LogP contribution is 2.28. The summed E-state index contributed by atoms with van der Waals surface area (Å²) in [5.74, 6) is -1.85. The first-order chi connectivity index (χ1) is 16.0. The minimum absolute atomic E-state index is 0.00299. The Hall–Kier alpha value is -3.48. The van der Waals surface area contributed by atoms with Gasteiger partial charge in [0.05, 0.1) is 12.8 Å². The molecule has 2 amide bonds. The monoisotopic (exact) mass is 452 g/mol. The lowest BCUT2D eigenvalue weighted by Gasteiger charge is -2.33. The zero-order chi connectivity index (χ0) is 23.2. The first kappa shape index (κ1) is 22.7. The predicted molar refractivity (Wildman–Crippen MR) is 119 cm³/mol. The van der Waals surface area contributed by atoms with Crippen molar-refractivity contribution in [2.45, 2.75) is 50.7 Å². The van der Waals surface area contributed by atoms with E-state index in [1.807, 2.05) is 0 Å². The molecule has 0 bridgehead atoms. The quantitative estimate of drug-likeness (QED) is 0.523. The second-order valence-electron chi connectivity index (χ2n) is 8.30. The molecule has 1 N–H and O–H groups in total. The fourth-order valence-corrected chi connectivity index (χ4v) is 4.28. The van der Waals surface area contributed by atoms with Gasteiger partial charge in [0.2, 0.25) is 5.91 Å². The highest BCUT2D eigenvalue weighted by atomic mass is 19.1. The molecular weight excluding hydrogens is 426 g/mol. The Morgan fingerprint density at radius 1 is 0.970 bits per heavy atom. The molecule has 1 saturated carbocycles. The summed E-state index contributed by atoms with van der Waals surface area (Å²) in [6.45, 7) is -0.160. The summed E-state index contributed by atoms with van der Waals surface area (Å²) in [5, 5.41) is 3.06. The number of hydrogen-bond acceptors (Lipinski definition) is 3. The molecule has 1 unspecified atom stereocenters. The molecule has 1 aliphatic rings. The smallest absolute Gasteiger partial charge is 0.290 e. The molecule has 0 radical (unpaired) electrons. The lowest BCUT2D eigenvalue weighted by Crippen LogP contribution is -2.46. The molecule has 1 fully saturated rings. The lowest BCUT2D eigenvalue weighted by molar-refractivity contribution is -0.127. The van der Waals surface area contributed by atoms with Gasteiger partial charge in [0, 0.05) is 11.6 Å². The minimum Gasteiger partial charge on any atom is -0.459 e. The van der Waals surface area contributed by atoms with E-state index in [2.05, 4.69) is 5.32 Å². The van der Waals surface area contributed by atoms with Gasteiger partial charge in [0.15, 0.2) is 5.76 Å². The molecule has 0 saturated heterocycles. The van der Waals surface area contributed by atoms with E-state index >= 15 is 0 Å². The molecule has 4 rings (SSSR count). The van der Waals surface area contributed by atoms with Crippen molar-refractivity contribution < 1.29 is 22.8 Å². The number of rotatable bonds is 7. The van der Waals surface area contributed by atoms with Crippen LogP contribution in [0.5, 0.6) is 0 Å². The fourth-order valence-electron chi connectivity index (χ4n) is 4.28. The number of furan rings is 1. The molecule has 172 valence electrons. The maximum absolute atomic E-state index is 14.5. The zero-order valence-corrected chi connectivity index (χ0v) is 18.2. The summed E-state index contributed by atoms with van der Waals surface area (Å²) in [6.07, 6.45) is 6.27. The molecule has 3 aromatic rings. The zero-order valence-electron chi connectivity index (χ0n) is 18.2. The van der Waals surface area contributed by atoms with Crippen LogP contribution >= 0.6 is 0 Å². The third kappa shape index (κ3) is 5.48. The van der Waals surface area contributed by atoms with Crippen LogP contribution in [0.3, 0.4) is 0 Å². The number of nitrogens with zero attached hydrogens (tertiary/aromatic N) is 1. The van der Waals surface area contributed by atoms with Crippen LogP contribution in [0.2, 0.25) is 0 Å². The topological polar surface area (TPSA) is 62.6 Å². The number of benzene rings is 2. The average molecular weight is 453 g/mol. The van der Waals surface area contributed by atoms with Gasteiger partial charge in [0.1, 0.15) is 17.7 Å². The van der Waals surface area contributed by atoms with Crippen molar-refractivity contribution in [3.05, 3.63) is 95.4 Å². The van der Waals surface area contributed by atoms with Crippen LogP contribution < -0.4 is 5.32 Å². The summed E-state index contributed by atoms with van der Waals surface area (Å²) in [7, 11) is 0. The Morgan fingerprint density at radius 3 is 2.36 bits per heavy atom. The SMILES string of the molecule is O=C(NC1CCCCC1)C(c1ccc(F)cc1)N(Cc1ccccc1F)C(=O)c1ccco1. The largest absolute Gasteiger partial charge is 0.459 e. The molecule has 2 aromatic carbocycles. The van der Waals surface area contributed by atoms with Gasteiger partial charge in [-0.15, -0.1) is 0 Å². The Kier molecular flexibility index (Phi) is 7.17. The van der Waals surface area contributed by atoms with Crippen molar-refractivity contribution in [3.63, 3.8) is 0 Å². The van der Waals surface area contributed by atoms with E-state index in [-0.39, 0.29) is 29.8 Å². The lowest BCUT2D eigenvalue weighted by atomic mass is 9.94. The summed E-state index contributed by atoms with van der Waals surface area (Å²) in [6, 6.07) is 13.5. The van der Waals surface area contributed by atoms with Crippen LogP contribution in [0.1, 0.15) is 59.8 Å². The normalized spacial score (nSPS) is 15.1. The van der Waals surface area contributed by atoms with Gasteiger partial charge in [-0.05, 0) is 48.7 Å². The van der Waals surface area contributed by atoms with E-state index in [1.165, 1.54) is 47.6 Å². The number of carbonyl (C=O) groups is 2. The van der Waals surface area contributed by atoms with Crippen LogP contribution in [0.15, 0.2) is 71.3 Å². The van der Waals surface area contributed by atoms with E-state index in [0.717, 1.165) is 32.1 Å². The van der Waals surface area contributed by atoms with Crippen LogP contribution in [0, 0.1) is 11.6 Å². The third-order valence-corrected chi connectivity index (χ3v) is 5.99. The number of nitrogens with one attached hydrogen (secondary N) is 1. The van der Waals surface area contributed by atoms with E-state index in [0.29, 0.717) is 5.56 Å². The summed E-state index contributed by atoms with van der Waals surface area (Å²) >= 11 is 0. The van der Waals surface area contributed by atoms with Gasteiger partial charge < -0.3 is 14.6 Å². The van der Waals surface area contributed by atoms with Crippen LogP contribution in [-0.2, 0) is 11.3 Å². The van der Waals surface area contributed by atoms with Crippen molar-refractivity contribution in [1.29, 1.82) is 0 Å². The van der Waals surface area contributed by atoms with Crippen molar-refractivity contribution >= 4 is 11.8 Å². The van der Waals surface area contributed by atoms with Gasteiger partial charge >= 0.3 is 0 Å². The van der Waals surface area contributed by atoms with Crippen molar-refractivity contribution in [3.8, 4) is 0 Å². The Balaban J connectivity index is 1.73. The summed E-state index contributed by atoms with van der Waals surface area (Å²) in [4.78, 5) is 28.3. The van der Waals surface area contributed by atoms with E-state index in [4.69, 9.17) is 4.42 Å². The van der Waals surface area contributed by atoms with Gasteiger partial charge in [-0.25, -0.2) is 8.78 Å². The maximum Gasteiger partial charge on any atom is 0.290 e. The molecular formula is C26H26F2N2O3. The van der Waals surface area contributed by atoms with Gasteiger partial charge in [-0.3, -0.25) is 9.59 Å². The second-order valence-corrected chi connectivity index (χ2v) is 8.30. The van der Waals surface area contributed by atoms with Gasteiger partial charge in [-0.1, -0.05) is 49.6 Å². The number of carbonyl (C=O) groups excluding carboxylic acids is 2. The molecule has 1 heterocycles. The van der Waals surface area contributed by atoms with Crippen LogP contribution in [0.25, 0.3) is 0 Å². The maximum atomic E-state index is 14.5. The summed E-state index contributed by atoms with van der Waals surface area (Å²) < 4.78 is 33.5. The van der Waals surface area contributed by atoms with Crippen molar-refractivity contribution in [2.24, 2.45) is 0 Å². The third-order valence-electron chi connectivity index (χ3n) is 5.99. The molecule has 0 spiro atoms. The highest BCUT2D eigenvalue weighted by molar-refractivity contribution is 5.96. The average Bonchev–Trinajstić information content (AvgIpc) is 3.36. The summed E-state index contributed by atoms with van der Waals surface area (Å²) in [5.41, 5.74) is 0.691. The van der Waals surface area contributed by atoms with Gasteiger partial charge in [0.25, 0.3) is 5.91 Å². The second kappa shape index (κ2) is 10.4. The Morgan fingerprint density at radius 2 is 1.70 bits per heavy atom. The first-order valence-corrected chi connectivity index (χ1v) is 11.2. The Bertz CT molecular complexity index is 1080. The molecule has 5 nitrogen and oxygen atoms in total. The molecule has 1 aromatic heterocycles. The fraction of sp³-hybridized carbons (Fsp3) is 0.308. The van der Waals surface area contributed by atoms with Gasteiger partial charge in [-0.2, -0.15) is 0 Å². The standard InChI is InChI=1S/C26H26F2N2O3/c27-20-14-12-18(13-15-20)24(25(31)29-21-8-2-1-3-9-21)30(26(32)23-11-6-16-33-23)17-19-7-4-5-10-22(19)28/h4-7,10-16,21,24H,1-3,8-9,17H2,(H,29,31). The highest BCUT2D eigenvalue weighted by Gasteiger charge is 2.35. The van der Waals surface area contributed by atoms with Crippen molar-refractivity contribution in [2.75, 3.05) is 0 Å². The molecule has 7 heteroatoms. The van der Waals surface area contributed by atoms with Crippen LogP contribution in [0.4, 0.5) is 8.78 Å². The van der Waals surface area contributed by atoms with E-state index < -0.39 is 23.6 Å². The number of halogens is 2. The van der Waals surface area contributed by atoms with Crippen LogP contribution in [-0.4, -0.2) is 22.8 Å². The molecule has 0 aliphatic heterocycles.